The first-order chi connectivity index (χ1) is 13.7. The summed E-state index contributed by atoms with van der Waals surface area (Å²) in [5.74, 6) is -1.20. The van der Waals surface area contributed by atoms with Gasteiger partial charge >= 0.3 is 0 Å². The number of nitrogens with zero attached hydrogens (tertiary/aromatic N) is 1. The molecule has 1 saturated heterocycles. The quantitative estimate of drug-likeness (QED) is 0.696. The maximum atomic E-state index is 12.9. The van der Waals surface area contributed by atoms with Gasteiger partial charge in [0.05, 0.1) is 16.7 Å². The minimum atomic E-state index is -3.63. The summed E-state index contributed by atoms with van der Waals surface area (Å²) in [6.07, 6.45) is 2.57. The van der Waals surface area contributed by atoms with Crippen molar-refractivity contribution in [3.05, 3.63) is 72.3 Å². The second-order valence-electron chi connectivity index (χ2n) is 7.57. The van der Waals surface area contributed by atoms with E-state index in [0.29, 0.717) is 0 Å². The molecule has 0 saturated carbocycles. The molecule has 0 unspecified atom stereocenters. The number of sulfone groups is 1. The van der Waals surface area contributed by atoms with Gasteiger partial charge in [0.1, 0.15) is 12.2 Å². The van der Waals surface area contributed by atoms with E-state index in [-0.39, 0.29) is 10.6 Å². The summed E-state index contributed by atoms with van der Waals surface area (Å²) in [5, 5.41) is 11.2. The molecule has 1 aliphatic rings. The van der Waals surface area contributed by atoms with E-state index in [1.54, 1.807) is 44.2 Å². The highest BCUT2D eigenvalue weighted by molar-refractivity contribution is 7.91. The maximum Gasteiger partial charge on any atom is 0.180 e. The average Bonchev–Trinajstić information content (AvgIpc) is 3.00. The molecule has 1 fully saturated rings. The Balaban J connectivity index is 1.86. The summed E-state index contributed by atoms with van der Waals surface area (Å²) in [4.78, 5) is 0.210. The van der Waals surface area contributed by atoms with Gasteiger partial charge in [-0.05, 0) is 31.5 Å². The number of hydrogen-bond donors (Lipinski definition) is 1. The molecule has 6 nitrogen and oxygen atoms in total. The van der Waals surface area contributed by atoms with Crippen LogP contribution in [0.1, 0.15) is 19.4 Å². The Morgan fingerprint density at radius 3 is 2.24 bits per heavy atom. The molecule has 29 heavy (non-hydrogen) atoms. The third kappa shape index (κ3) is 5.52. The Morgan fingerprint density at radius 1 is 1.07 bits per heavy atom. The molecule has 0 spiro atoms. The molecule has 2 aromatic carbocycles. The van der Waals surface area contributed by atoms with Crippen LogP contribution in [-0.2, 0) is 19.3 Å². The van der Waals surface area contributed by atoms with Crippen molar-refractivity contribution in [3.63, 3.8) is 0 Å². The average molecular weight is 418 g/mol. The molecule has 7 heteroatoms. The first-order valence-corrected chi connectivity index (χ1v) is 11.1. The van der Waals surface area contributed by atoms with Crippen molar-refractivity contribution in [2.45, 2.75) is 42.8 Å². The van der Waals surface area contributed by atoms with Crippen LogP contribution in [0.3, 0.4) is 0 Å². The standard InChI is InChI=1S/C22H27NO5S/c1-22(2)27-20(15-14-17-10-6-4-7-11-17)21(28-22)19(23(3)24)16-29(25,26)18-12-8-5-9-13-18/h4-15,19-21,24H,16H2,1-3H3/b15-14-/t19-,20-,21+/m0/s1. The van der Waals surface area contributed by atoms with Gasteiger partial charge in [0.25, 0.3) is 0 Å². The Morgan fingerprint density at radius 2 is 1.66 bits per heavy atom. The number of rotatable bonds is 7. The number of benzene rings is 2. The molecule has 1 aliphatic heterocycles. The van der Waals surface area contributed by atoms with E-state index in [9.17, 15) is 13.6 Å². The maximum absolute atomic E-state index is 12.9. The lowest BCUT2D eigenvalue weighted by atomic mass is 10.1. The summed E-state index contributed by atoms with van der Waals surface area (Å²) in [7, 11) is -2.20. The smallest absolute Gasteiger partial charge is 0.180 e. The van der Waals surface area contributed by atoms with Crippen LogP contribution in [0.4, 0.5) is 0 Å². The lowest BCUT2D eigenvalue weighted by Crippen LogP contribution is -2.48. The topological polar surface area (TPSA) is 76.1 Å². The van der Waals surface area contributed by atoms with Crippen molar-refractivity contribution in [1.29, 1.82) is 0 Å². The molecule has 0 bridgehead atoms. The van der Waals surface area contributed by atoms with Crippen LogP contribution >= 0.6 is 0 Å². The van der Waals surface area contributed by atoms with Gasteiger partial charge in [-0.3, -0.25) is 0 Å². The fourth-order valence-corrected chi connectivity index (χ4v) is 5.02. The Labute approximate surface area is 172 Å². The van der Waals surface area contributed by atoms with Gasteiger partial charge in [-0.1, -0.05) is 60.7 Å². The zero-order valence-corrected chi connectivity index (χ0v) is 17.6. The molecular formula is C22H27NO5S. The van der Waals surface area contributed by atoms with Gasteiger partial charge in [-0.15, -0.1) is 0 Å². The van der Waals surface area contributed by atoms with Crippen LogP contribution in [0.2, 0.25) is 0 Å². The third-order valence-corrected chi connectivity index (χ3v) is 6.56. The molecule has 1 N–H and O–H groups in total. The minimum absolute atomic E-state index is 0.210. The van der Waals surface area contributed by atoms with Crippen molar-refractivity contribution < 1.29 is 23.1 Å². The van der Waals surface area contributed by atoms with Gasteiger partial charge in [0.15, 0.2) is 15.6 Å². The summed E-state index contributed by atoms with van der Waals surface area (Å²) >= 11 is 0. The Hall–Kier alpha value is -2.03. The van der Waals surface area contributed by atoms with Gasteiger partial charge in [-0.2, -0.15) is 5.06 Å². The van der Waals surface area contributed by atoms with Crippen molar-refractivity contribution in [2.75, 3.05) is 12.8 Å². The SMILES string of the molecule is CN(O)[C@@H](CS(=O)(=O)c1ccccc1)[C@H]1OC(C)(C)O[C@H]1/C=C\c1ccccc1. The predicted molar refractivity (Wildman–Crippen MR) is 111 cm³/mol. The van der Waals surface area contributed by atoms with E-state index in [1.165, 1.54) is 7.05 Å². The van der Waals surface area contributed by atoms with Gasteiger partial charge in [0.2, 0.25) is 0 Å². The van der Waals surface area contributed by atoms with Crippen LogP contribution in [0.5, 0.6) is 0 Å². The van der Waals surface area contributed by atoms with Crippen LogP contribution in [0.15, 0.2) is 71.6 Å². The second kappa shape index (κ2) is 8.77. The van der Waals surface area contributed by atoms with Crippen molar-refractivity contribution in [3.8, 4) is 0 Å². The molecule has 156 valence electrons. The highest BCUT2D eigenvalue weighted by Gasteiger charge is 2.46. The van der Waals surface area contributed by atoms with Crippen LogP contribution < -0.4 is 0 Å². The zero-order chi connectivity index (χ0) is 21.1. The Bertz CT molecular complexity index is 926. The minimum Gasteiger partial charge on any atom is -0.342 e. The number of hydroxylamine groups is 2. The van der Waals surface area contributed by atoms with Gasteiger partial charge in [-0.25, -0.2) is 8.42 Å². The van der Waals surface area contributed by atoms with E-state index in [1.807, 2.05) is 42.5 Å². The number of likely N-dealkylation sites (N-methyl/N-ethyl adjacent to an activating group) is 1. The van der Waals surface area contributed by atoms with Gasteiger partial charge in [0, 0.05) is 7.05 Å². The van der Waals surface area contributed by atoms with Crippen LogP contribution in [0, 0.1) is 0 Å². The van der Waals surface area contributed by atoms with Crippen molar-refractivity contribution >= 4 is 15.9 Å². The number of ether oxygens (including phenoxy) is 2. The molecule has 1 heterocycles. The Kier molecular flexibility index (Phi) is 6.55. The molecule has 0 aromatic heterocycles. The normalized spacial score (nSPS) is 22.9. The van der Waals surface area contributed by atoms with E-state index >= 15 is 0 Å². The van der Waals surface area contributed by atoms with Crippen molar-refractivity contribution in [2.24, 2.45) is 0 Å². The summed E-state index contributed by atoms with van der Waals surface area (Å²) in [6, 6.07) is 17.1. The van der Waals surface area contributed by atoms with Crippen LogP contribution in [0.25, 0.3) is 6.08 Å². The van der Waals surface area contributed by atoms with Crippen LogP contribution in [-0.4, -0.2) is 55.5 Å². The van der Waals surface area contributed by atoms with E-state index in [2.05, 4.69) is 0 Å². The molecule has 0 amide bonds. The fourth-order valence-electron chi connectivity index (χ4n) is 3.40. The predicted octanol–water partition coefficient (Wildman–Crippen LogP) is 3.38. The number of hydrogen-bond acceptors (Lipinski definition) is 6. The monoisotopic (exact) mass is 417 g/mol. The lowest BCUT2D eigenvalue weighted by Gasteiger charge is -2.29. The molecule has 3 rings (SSSR count). The highest BCUT2D eigenvalue weighted by atomic mass is 32.2. The van der Waals surface area contributed by atoms with E-state index in [0.717, 1.165) is 10.6 Å². The first kappa shape index (κ1) is 21.7. The summed E-state index contributed by atoms with van der Waals surface area (Å²) < 4.78 is 37.8. The zero-order valence-electron chi connectivity index (χ0n) is 16.8. The molecule has 3 atom stereocenters. The molecule has 0 aliphatic carbocycles. The fraction of sp³-hybridized carbons (Fsp3) is 0.364. The largest absolute Gasteiger partial charge is 0.342 e. The lowest BCUT2D eigenvalue weighted by molar-refractivity contribution is -0.171. The molecular weight excluding hydrogens is 390 g/mol. The third-order valence-electron chi connectivity index (χ3n) is 4.79. The summed E-state index contributed by atoms with van der Waals surface area (Å²) in [5.41, 5.74) is 0.991. The second-order valence-corrected chi connectivity index (χ2v) is 9.60. The van der Waals surface area contributed by atoms with Crippen molar-refractivity contribution in [1.82, 2.24) is 5.06 Å². The highest BCUT2D eigenvalue weighted by Crippen LogP contribution is 2.33. The van der Waals surface area contributed by atoms with E-state index in [4.69, 9.17) is 9.47 Å². The molecule has 0 radical (unpaired) electrons. The first-order valence-electron chi connectivity index (χ1n) is 9.46. The van der Waals surface area contributed by atoms with E-state index < -0.39 is 33.9 Å². The molecule has 2 aromatic rings. The van der Waals surface area contributed by atoms with Gasteiger partial charge < -0.3 is 14.7 Å². The summed E-state index contributed by atoms with van der Waals surface area (Å²) in [6.45, 7) is 3.55.